The van der Waals surface area contributed by atoms with Crippen molar-refractivity contribution in [2.75, 3.05) is 20.3 Å². The number of hydrogen-bond acceptors (Lipinski definition) is 4. The second-order valence-electron chi connectivity index (χ2n) is 10.3. The molecule has 2 fully saturated rings. The maximum absolute atomic E-state index is 13.5. The fraction of sp³-hybridized carbons (Fsp3) is 0.448. The lowest BCUT2D eigenvalue weighted by Crippen LogP contribution is -2.59. The predicted molar refractivity (Wildman–Crippen MR) is 138 cm³/mol. The number of aliphatic carboxylic acids is 1. The van der Waals surface area contributed by atoms with Gasteiger partial charge < -0.3 is 24.5 Å². The number of nitrogens with one attached hydrogen (secondary N) is 1. The molecule has 7 heteroatoms. The highest BCUT2D eigenvalue weighted by molar-refractivity contribution is 6.00. The van der Waals surface area contributed by atoms with Crippen LogP contribution in [-0.4, -0.2) is 41.9 Å². The molecule has 1 saturated carbocycles. The summed E-state index contributed by atoms with van der Waals surface area (Å²) in [5, 5.41) is 14.2. The van der Waals surface area contributed by atoms with Crippen molar-refractivity contribution in [2.45, 2.75) is 50.5 Å². The number of fused-ring (bicyclic) bond motifs is 1. The van der Waals surface area contributed by atoms with E-state index in [1.54, 1.807) is 7.11 Å². The summed E-state index contributed by atoms with van der Waals surface area (Å²) in [6.45, 7) is 2.74. The molecule has 5 rings (SSSR count). The first-order chi connectivity index (χ1) is 17.3. The largest absolute Gasteiger partial charge is 0.496 e. The fourth-order valence-electron chi connectivity index (χ4n) is 5.96. The minimum Gasteiger partial charge on any atom is -0.496 e. The van der Waals surface area contributed by atoms with E-state index in [2.05, 4.69) is 5.32 Å². The van der Waals surface area contributed by atoms with E-state index in [4.69, 9.17) is 9.47 Å². The second kappa shape index (κ2) is 9.62. The van der Waals surface area contributed by atoms with Gasteiger partial charge in [0.05, 0.1) is 26.2 Å². The summed E-state index contributed by atoms with van der Waals surface area (Å²) in [6, 6.07) is 13.5. The lowest BCUT2D eigenvalue weighted by molar-refractivity contribution is -0.140. The van der Waals surface area contributed by atoms with Crippen LogP contribution < -0.4 is 10.1 Å². The Labute approximate surface area is 211 Å². The Morgan fingerprint density at radius 3 is 2.39 bits per heavy atom. The highest BCUT2D eigenvalue weighted by atomic mass is 16.5. The number of amides is 1. The molecule has 0 radical (unpaired) electrons. The molecule has 0 bridgehead atoms. The second-order valence-corrected chi connectivity index (χ2v) is 10.3. The third-order valence-corrected chi connectivity index (χ3v) is 8.16. The Hall–Kier alpha value is -3.32. The van der Waals surface area contributed by atoms with Gasteiger partial charge in [-0.15, -0.1) is 0 Å². The number of carbonyl (C=O) groups is 2. The third-order valence-electron chi connectivity index (χ3n) is 8.16. The van der Waals surface area contributed by atoms with Crippen molar-refractivity contribution >= 4 is 22.8 Å². The van der Waals surface area contributed by atoms with Crippen molar-refractivity contribution in [2.24, 2.45) is 13.0 Å². The van der Waals surface area contributed by atoms with Crippen molar-refractivity contribution < 1.29 is 24.2 Å². The summed E-state index contributed by atoms with van der Waals surface area (Å²) >= 11 is 0. The number of methoxy groups -OCH3 is 1. The molecule has 1 aromatic heterocycles. The lowest BCUT2D eigenvalue weighted by atomic mass is 9.76. The van der Waals surface area contributed by atoms with Gasteiger partial charge in [0.2, 0.25) is 0 Å². The monoisotopic (exact) mass is 490 g/mol. The maximum atomic E-state index is 13.5. The van der Waals surface area contributed by atoms with Gasteiger partial charge in [-0.1, -0.05) is 43.5 Å². The quantitative estimate of drug-likeness (QED) is 0.492. The van der Waals surface area contributed by atoms with Gasteiger partial charge in [-0.2, -0.15) is 0 Å². The summed E-state index contributed by atoms with van der Waals surface area (Å²) in [7, 11) is 3.53. The molecule has 2 aliphatic rings. The molecular weight excluding hydrogens is 456 g/mol. The molecule has 0 spiro atoms. The van der Waals surface area contributed by atoms with Crippen molar-refractivity contribution in [3.63, 3.8) is 0 Å². The molecule has 1 saturated heterocycles. The molecule has 1 unspecified atom stereocenters. The summed E-state index contributed by atoms with van der Waals surface area (Å²) in [4.78, 5) is 25.6. The van der Waals surface area contributed by atoms with Crippen molar-refractivity contribution in [3.05, 3.63) is 64.8 Å². The number of carbonyl (C=O) groups excluding carboxylic acids is 1. The molecule has 190 valence electrons. The van der Waals surface area contributed by atoms with E-state index in [0.717, 1.165) is 59.0 Å². The van der Waals surface area contributed by atoms with Gasteiger partial charge in [0.15, 0.2) is 0 Å². The van der Waals surface area contributed by atoms with Crippen molar-refractivity contribution in [3.8, 4) is 5.75 Å². The summed E-state index contributed by atoms with van der Waals surface area (Å²) < 4.78 is 12.9. The van der Waals surface area contributed by atoms with E-state index in [9.17, 15) is 14.7 Å². The van der Waals surface area contributed by atoms with Gasteiger partial charge in [0.25, 0.3) is 5.91 Å². The third kappa shape index (κ3) is 4.15. The van der Waals surface area contributed by atoms with Gasteiger partial charge in [-0.25, -0.2) is 0 Å². The smallest absolute Gasteiger partial charge is 0.311 e. The number of nitrogens with zero attached hydrogens (tertiary/aromatic N) is 1. The average molecular weight is 491 g/mol. The number of aromatic nitrogens is 1. The summed E-state index contributed by atoms with van der Waals surface area (Å²) in [5.74, 6) is -0.454. The van der Waals surface area contributed by atoms with Crippen LogP contribution >= 0.6 is 0 Å². The SMILES string of the molecule is COc1ccc2c(cc(C(=O)NC3(c4ccc(C(C(=O)O)C5CCCCC5)cc4)COC3)n2C)c1C. The van der Waals surface area contributed by atoms with Crippen LogP contribution in [0.4, 0.5) is 0 Å². The van der Waals surface area contributed by atoms with Crippen molar-refractivity contribution in [1.29, 1.82) is 0 Å². The van der Waals surface area contributed by atoms with Gasteiger partial charge in [0, 0.05) is 23.5 Å². The van der Waals surface area contributed by atoms with E-state index < -0.39 is 17.4 Å². The molecule has 2 N–H and O–H groups in total. The van der Waals surface area contributed by atoms with Crippen LogP contribution in [-0.2, 0) is 22.1 Å². The Bertz CT molecular complexity index is 1280. The summed E-state index contributed by atoms with van der Waals surface area (Å²) in [5.41, 5.74) is 3.64. The Kier molecular flexibility index (Phi) is 6.51. The molecule has 2 aromatic carbocycles. The first-order valence-electron chi connectivity index (χ1n) is 12.7. The minimum absolute atomic E-state index is 0.176. The number of ether oxygens (including phenoxy) is 2. The zero-order valence-electron chi connectivity index (χ0n) is 21.2. The molecule has 3 aromatic rings. The maximum Gasteiger partial charge on any atom is 0.311 e. The standard InChI is InChI=1S/C29H34N2O5/c1-18-22-15-24(31(2)23(22)13-14-25(18)35-3)27(32)30-29(16-36-17-29)21-11-9-20(10-12-21)26(28(33)34)19-7-5-4-6-8-19/h9-15,19,26H,4-8,16-17H2,1-3H3,(H,30,32)(H,33,34). The molecule has 2 heterocycles. The number of aryl methyl sites for hydroxylation is 2. The van der Waals surface area contributed by atoms with Crippen LogP contribution in [0.25, 0.3) is 10.9 Å². The Balaban J connectivity index is 1.40. The summed E-state index contributed by atoms with van der Waals surface area (Å²) in [6.07, 6.45) is 5.30. The first kappa shape index (κ1) is 24.4. The Morgan fingerprint density at radius 2 is 1.81 bits per heavy atom. The van der Waals surface area contributed by atoms with Crippen LogP contribution in [0.3, 0.4) is 0 Å². The van der Waals surface area contributed by atoms with Crippen LogP contribution in [0.2, 0.25) is 0 Å². The van der Waals surface area contributed by atoms with E-state index >= 15 is 0 Å². The number of hydrogen-bond donors (Lipinski definition) is 2. The molecule has 1 aliphatic carbocycles. The topological polar surface area (TPSA) is 89.8 Å². The normalized spacial score (nSPS) is 18.4. The average Bonchev–Trinajstić information content (AvgIpc) is 3.20. The van der Waals surface area contributed by atoms with E-state index in [-0.39, 0.29) is 11.8 Å². The van der Waals surface area contributed by atoms with Gasteiger partial charge >= 0.3 is 5.97 Å². The van der Waals surface area contributed by atoms with Gasteiger partial charge in [-0.3, -0.25) is 9.59 Å². The van der Waals surface area contributed by atoms with E-state index in [1.807, 2.05) is 61.0 Å². The number of benzene rings is 2. The van der Waals surface area contributed by atoms with Crippen molar-refractivity contribution in [1.82, 2.24) is 9.88 Å². The van der Waals surface area contributed by atoms with Crippen LogP contribution in [0.5, 0.6) is 5.75 Å². The molecule has 36 heavy (non-hydrogen) atoms. The number of carboxylic acid groups (broad SMARTS) is 1. The van der Waals surface area contributed by atoms with E-state index in [1.165, 1.54) is 6.42 Å². The van der Waals surface area contributed by atoms with Gasteiger partial charge in [0.1, 0.15) is 17.0 Å². The highest BCUT2D eigenvalue weighted by Crippen LogP contribution is 2.38. The molecule has 1 atom stereocenters. The van der Waals surface area contributed by atoms with Crippen LogP contribution in [0.1, 0.15) is 65.2 Å². The Morgan fingerprint density at radius 1 is 1.11 bits per heavy atom. The zero-order chi connectivity index (χ0) is 25.4. The number of rotatable bonds is 7. The van der Waals surface area contributed by atoms with E-state index in [0.29, 0.717) is 18.9 Å². The molecule has 7 nitrogen and oxygen atoms in total. The number of carboxylic acids is 1. The predicted octanol–water partition coefficient (Wildman–Crippen LogP) is 4.90. The minimum atomic E-state index is -0.757. The molecule has 1 amide bonds. The fourth-order valence-corrected chi connectivity index (χ4v) is 5.96. The molecule has 1 aliphatic heterocycles. The first-order valence-corrected chi connectivity index (χ1v) is 12.7. The highest BCUT2D eigenvalue weighted by Gasteiger charge is 2.42. The van der Waals surface area contributed by atoms with Crippen LogP contribution in [0.15, 0.2) is 42.5 Å². The van der Waals surface area contributed by atoms with Crippen LogP contribution in [0, 0.1) is 12.8 Å². The lowest BCUT2D eigenvalue weighted by Gasteiger charge is -2.42. The molecular formula is C29H34N2O5. The van der Waals surface area contributed by atoms with Gasteiger partial charge in [-0.05, 0) is 55.0 Å². The zero-order valence-corrected chi connectivity index (χ0v) is 21.2.